The highest BCUT2D eigenvalue weighted by atomic mass is 16.2. The predicted octanol–water partition coefficient (Wildman–Crippen LogP) is 1.26. The molecule has 94 valence electrons. The zero-order valence-corrected chi connectivity index (χ0v) is 10.4. The SMILES string of the molecule is CC(C)Cc1ccc(C(N)CC(=O)NN)cc1. The molecule has 5 N–H and O–H groups in total. The van der Waals surface area contributed by atoms with Crippen LogP contribution in [0.25, 0.3) is 0 Å². The molecule has 4 nitrogen and oxygen atoms in total. The monoisotopic (exact) mass is 235 g/mol. The van der Waals surface area contributed by atoms with Gasteiger partial charge in [-0.3, -0.25) is 10.2 Å². The van der Waals surface area contributed by atoms with E-state index in [9.17, 15) is 4.79 Å². The second-order valence-electron chi connectivity index (χ2n) is 4.72. The van der Waals surface area contributed by atoms with E-state index in [4.69, 9.17) is 11.6 Å². The number of rotatable bonds is 5. The molecule has 0 aromatic heterocycles. The highest BCUT2D eigenvalue weighted by Crippen LogP contribution is 2.16. The van der Waals surface area contributed by atoms with Gasteiger partial charge < -0.3 is 5.73 Å². The van der Waals surface area contributed by atoms with Gasteiger partial charge in [0.15, 0.2) is 0 Å². The molecule has 1 unspecified atom stereocenters. The summed E-state index contributed by atoms with van der Waals surface area (Å²) in [5, 5.41) is 0. The Hall–Kier alpha value is -1.39. The molecule has 0 aliphatic rings. The molecule has 0 saturated heterocycles. The molecule has 1 atom stereocenters. The van der Waals surface area contributed by atoms with Crippen LogP contribution in [0.15, 0.2) is 24.3 Å². The molecule has 1 rings (SSSR count). The Morgan fingerprint density at radius 3 is 2.35 bits per heavy atom. The topological polar surface area (TPSA) is 81.1 Å². The van der Waals surface area contributed by atoms with Crippen molar-refractivity contribution in [2.45, 2.75) is 32.7 Å². The normalized spacial score (nSPS) is 12.5. The lowest BCUT2D eigenvalue weighted by atomic mass is 9.98. The third kappa shape index (κ3) is 4.54. The number of carbonyl (C=O) groups excluding carboxylic acids is 1. The zero-order valence-electron chi connectivity index (χ0n) is 10.4. The summed E-state index contributed by atoms with van der Waals surface area (Å²) in [5.41, 5.74) is 10.2. The number of hydrogen-bond acceptors (Lipinski definition) is 3. The summed E-state index contributed by atoms with van der Waals surface area (Å²) in [4.78, 5) is 11.1. The van der Waals surface area contributed by atoms with Gasteiger partial charge in [0.2, 0.25) is 5.91 Å². The van der Waals surface area contributed by atoms with Gasteiger partial charge in [-0.05, 0) is 23.5 Å². The Kier molecular flexibility index (Phi) is 5.12. The van der Waals surface area contributed by atoms with E-state index >= 15 is 0 Å². The second-order valence-corrected chi connectivity index (χ2v) is 4.72. The average Bonchev–Trinajstić information content (AvgIpc) is 2.28. The van der Waals surface area contributed by atoms with Crippen molar-refractivity contribution in [3.05, 3.63) is 35.4 Å². The molecule has 0 heterocycles. The van der Waals surface area contributed by atoms with E-state index in [1.807, 2.05) is 12.1 Å². The van der Waals surface area contributed by atoms with Crippen molar-refractivity contribution in [3.8, 4) is 0 Å². The standard InChI is InChI=1S/C13H21N3O/c1-9(2)7-10-3-5-11(6-4-10)12(14)8-13(17)16-15/h3-6,9,12H,7-8,14-15H2,1-2H3,(H,16,17). The van der Waals surface area contributed by atoms with E-state index in [1.54, 1.807) is 0 Å². The lowest BCUT2D eigenvalue weighted by Crippen LogP contribution is -2.32. The number of nitrogens with two attached hydrogens (primary N) is 2. The third-order valence-electron chi connectivity index (χ3n) is 2.62. The largest absolute Gasteiger partial charge is 0.324 e. The molecule has 0 bridgehead atoms. The van der Waals surface area contributed by atoms with Gasteiger partial charge in [0.1, 0.15) is 0 Å². The lowest BCUT2D eigenvalue weighted by molar-refractivity contribution is -0.121. The van der Waals surface area contributed by atoms with Crippen molar-refractivity contribution in [1.82, 2.24) is 5.43 Å². The summed E-state index contributed by atoms with van der Waals surface area (Å²) in [6.45, 7) is 4.37. The van der Waals surface area contributed by atoms with Crippen molar-refractivity contribution in [2.24, 2.45) is 17.5 Å². The molecule has 4 heteroatoms. The molecule has 0 radical (unpaired) electrons. The summed E-state index contributed by atoms with van der Waals surface area (Å²) < 4.78 is 0. The van der Waals surface area contributed by atoms with Crippen molar-refractivity contribution in [1.29, 1.82) is 0 Å². The fraction of sp³-hybridized carbons (Fsp3) is 0.462. The third-order valence-corrected chi connectivity index (χ3v) is 2.62. The first kappa shape index (κ1) is 13.7. The summed E-state index contributed by atoms with van der Waals surface area (Å²) in [7, 11) is 0. The van der Waals surface area contributed by atoms with Crippen LogP contribution >= 0.6 is 0 Å². The van der Waals surface area contributed by atoms with Gasteiger partial charge >= 0.3 is 0 Å². The van der Waals surface area contributed by atoms with Crippen molar-refractivity contribution >= 4 is 5.91 Å². The van der Waals surface area contributed by atoms with Crippen LogP contribution in [0.2, 0.25) is 0 Å². The molecule has 0 aliphatic carbocycles. The number of nitrogens with one attached hydrogen (secondary N) is 1. The van der Waals surface area contributed by atoms with Crippen LogP contribution in [-0.4, -0.2) is 5.91 Å². The van der Waals surface area contributed by atoms with Crippen molar-refractivity contribution in [2.75, 3.05) is 0 Å². The van der Waals surface area contributed by atoms with Gasteiger partial charge in [-0.2, -0.15) is 0 Å². The molecular weight excluding hydrogens is 214 g/mol. The fourth-order valence-electron chi connectivity index (χ4n) is 1.75. The van der Waals surface area contributed by atoms with Crippen LogP contribution in [0.5, 0.6) is 0 Å². The van der Waals surface area contributed by atoms with E-state index < -0.39 is 0 Å². The van der Waals surface area contributed by atoms with Crippen molar-refractivity contribution < 1.29 is 4.79 Å². The molecule has 1 aromatic carbocycles. The summed E-state index contributed by atoms with van der Waals surface area (Å²) >= 11 is 0. The first-order valence-electron chi connectivity index (χ1n) is 5.86. The van der Waals surface area contributed by atoms with Crippen molar-refractivity contribution in [3.63, 3.8) is 0 Å². The second kappa shape index (κ2) is 6.37. The number of carbonyl (C=O) groups is 1. The van der Waals surface area contributed by atoms with Gasteiger partial charge in [0.25, 0.3) is 0 Å². The van der Waals surface area contributed by atoms with Crippen LogP contribution in [0, 0.1) is 5.92 Å². The molecule has 1 amide bonds. The summed E-state index contributed by atoms with van der Waals surface area (Å²) in [6.07, 6.45) is 1.26. The molecule has 17 heavy (non-hydrogen) atoms. The first-order valence-corrected chi connectivity index (χ1v) is 5.86. The summed E-state index contributed by atoms with van der Waals surface area (Å²) in [5.74, 6) is 5.41. The van der Waals surface area contributed by atoms with E-state index in [0.717, 1.165) is 12.0 Å². The number of benzene rings is 1. The highest BCUT2D eigenvalue weighted by Gasteiger charge is 2.10. The average molecular weight is 235 g/mol. The smallest absolute Gasteiger partial charge is 0.235 e. The van der Waals surface area contributed by atoms with Crippen LogP contribution < -0.4 is 17.0 Å². The molecular formula is C13H21N3O. The lowest BCUT2D eigenvalue weighted by Gasteiger charge is -2.12. The van der Waals surface area contributed by atoms with E-state index in [-0.39, 0.29) is 18.4 Å². The number of amides is 1. The Morgan fingerprint density at radius 1 is 1.29 bits per heavy atom. The van der Waals surface area contributed by atoms with Gasteiger partial charge in [0.05, 0.1) is 0 Å². The first-order chi connectivity index (χ1) is 8.02. The van der Waals surface area contributed by atoms with Crippen LogP contribution in [-0.2, 0) is 11.2 Å². The number of hydrazine groups is 1. The molecule has 0 saturated carbocycles. The van der Waals surface area contributed by atoms with E-state index in [0.29, 0.717) is 5.92 Å². The molecule has 0 aliphatic heterocycles. The Balaban J connectivity index is 2.63. The highest BCUT2D eigenvalue weighted by molar-refractivity contribution is 5.76. The van der Waals surface area contributed by atoms with Crippen LogP contribution in [0.3, 0.4) is 0 Å². The summed E-state index contributed by atoms with van der Waals surface area (Å²) in [6, 6.07) is 7.79. The quantitative estimate of drug-likeness (QED) is 0.408. The predicted molar refractivity (Wildman–Crippen MR) is 68.9 cm³/mol. The molecule has 0 spiro atoms. The minimum atomic E-state index is -0.299. The Bertz CT molecular complexity index is 359. The zero-order chi connectivity index (χ0) is 12.8. The maximum Gasteiger partial charge on any atom is 0.235 e. The van der Waals surface area contributed by atoms with Gasteiger partial charge in [-0.15, -0.1) is 0 Å². The maximum absolute atomic E-state index is 11.1. The Labute approximate surface area is 102 Å². The minimum absolute atomic E-state index is 0.208. The number of hydrogen-bond donors (Lipinski definition) is 3. The fourth-order valence-corrected chi connectivity index (χ4v) is 1.75. The van der Waals surface area contributed by atoms with Gasteiger partial charge in [-0.1, -0.05) is 38.1 Å². The molecule has 1 aromatic rings. The molecule has 0 fully saturated rings. The van der Waals surface area contributed by atoms with Crippen LogP contribution in [0.1, 0.15) is 37.4 Å². The van der Waals surface area contributed by atoms with E-state index in [1.165, 1.54) is 5.56 Å². The minimum Gasteiger partial charge on any atom is -0.324 e. The van der Waals surface area contributed by atoms with E-state index in [2.05, 4.69) is 31.4 Å². The Morgan fingerprint density at radius 2 is 1.88 bits per heavy atom. The maximum atomic E-state index is 11.1. The van der Waals surface area contributed by atoms with Crippen LogP contribution in [0.4, 0.5) is 0 Å². The van der Waals surface area contributed by atoms with Gasteiger partial charge in [-0.25, -0.2) is 5.84 Å². The van der Waals surface area contributed by atoms with Gasteiger partial charge in [0, 0.05) is 12.5 Å².